The van der Waals surface area contributed by atoms with Crippen molar-refractivity contribution in [1.29, 1.82) is 0 Å². The third-order valence-electron chi connectivity index (χ3n) is 5.56. The molecular formula is C23H33N3O6. The summed E-state index contributed by atoms with van der Waals surface area (Å²) in [6.07, 6.45) is -2.58. The first-order valence-corrected chi connectivity index (χ1v) is 11.0. The monoisotopic (exact) mass is 447 g/mol. The molecule has 9 heteroatoms. The molecule has 3 unspecified atom stereocenters. The molecule has 3 N–H and O–H groups in total. The molecule has 9 nitrogen and oxygen atoms in total. The quantitative estimate of drug-likeness (QED) is 0.494. The second kappa shape index (κ2) is 10.6. The standard InChI is InChI=1S/C23H33N3O6/c1-23(2,3)18(27)11-7-8-12-31-22-21(30)20(29)19(28)17(32-22)14-26-13-16(24-25-26)15-9-5-4-6-10-15/h4-6,9-10,13,17,19-22,28-30H,7-8,11-12,14H2,1-3H3/t17?,19-,20-,21?,22?/m0/s1. The van der Waals surface area contributed by atoms with E-state index < -0.39 is 30.7 Å². The van der Waals surface area contributed by atoms with Crippen molar-refractivity contribution in [1.82, 2.24) is 15.0 Å². The van der Waals surface area contributed by atoms with Crippen LogP contribution in [0.4, 0.5) is 0 Å². The number of ketones is 1. The predicted octanol–water partition coefficient (Wildman–Crippen LogP) is 1.55. The maximum Gasteiger partial charge on any atom is 0.186 e. The fraction of sp³-hybridized carbons (Fsp3) is 0.609. The van der Waals surface area contributed by atoms with Gasteiger partial charge in [-0.15, -0.1) is 5.10 Å². The van der Waals surface area contributed by atoms with Gasteiger partial charge in [-0.05, 0) is 12.8 Å². The number of aromatic nitrogens is 3. The van der Waals surface area contributed by atoms with Crippen molar-refractivity contribution in [2.24, 2.45) is 5.41 Å². The number of rotatable bonds is 9. The van der Waals surface area contributed by atoms with Gasteiger partial charge in [0.2, 0.25) is 0 Å². The minimum absolute atomic E-state index is 0.130. The molecule has 0 spiro atoms. The number of nitrogens with zero attached hydrogens (tertiary/aromatic N) is 3. The Balaban J connectivity index is 1.53. The van der Waals surface area contributed by atoms with Gasteiger partial charge < -0.3 is 24.8 Å². The summed E-state index contributed by atoms with van der Waals surface area (Å²) in [5.74, 6) is 0.188. The molecule has 0 aliphatic carbocycles. The zero-order valence-electron chi connectivity index (χ0n) is 18.8. The Bertz CT molecular complexity index is 866. The smallest absolute Gasteiger partial charge is 0.186 e. The van der Waals surface area contributed by atoms with Crippen molar-refractivity contribution in [2.75, 3.05) is 6.61 Å². The summed E-state index contributed by atoms with van der Waals surface area (Å²) in [7, 11) is 0. The molecule has 0 amide bonds. The van der Waals surface area contributed by atoms with E-state index in [1.54, 1.807) is 6.20 Å². The van der Waals surface area contributed by atoms with Gasteiger partial charge in [-0.1, -0.05) is 56.3 Å². The Morgan fingerprint density at radius 2 is 1.81 bits per heavy atom. The van der Waals surface area contributed by atoms with Gasteiger partial charge >= 0.3 is 0 Å². The van der Waals surface area contributed by atoms with E-state index in [9.17, 15) is 20.1 Å². The zero-order valence-corrected chi connectivity index (χ0v) is 18.8. The van der Waals surface area contributed by atoms with E-state index in [-0.39, 0.29) is 24.3 Å². The molecule has 0 saturated carbocycles. The fourth-order valence-electron chi connectivity index (χ4n) is 3.48. The predicted molar refractivity (Wildman–Crippen MR) is 116 cm³/mol. The first-order valence-electron chi connectivity index (χ1n) is 11.0. The Kier molecular flexibility index (Phi) is 8.13. The number of aliphatic hydroxyl groups is 3. The zero-order chi connectivity index (χ0) is 23.3. The molecule has 3 rings (SSSR count). The summed E-state index contributed by atoms with van der Waals surface area (Å²) in [5.41, 5.74) is 1.22. The SMILES string of the molecule is CC(C)(C)C(=O)CCCCOC1OC(Cn2cc(-c3ccccc3)nn2)[C@H](O)[C@H](O)C1O. The highest BCUT2D eigenvalue weighted by Gasteiger charge is 2.44. The van der Waals surface area contributed by atoms with Crippen LogP contribution < -0.4 is 0 Å². The van der Waals surface area contributed by atoms with E-state index >= 15 is 0 Å². The third kappa shape index (κ3) is 6.20. The highest BCUT2D eigenvalue weighted by Crippen LogP contribution is 2.24. The average Bonchev–Trinajstić information content (AvgIpc) is 3.23. The lowest BCUT2D eigenvalue weighted by atomic mass is 9.88. The molecule has 2 aromatic rings. The van der Waals surface area contributed by atoms with Crippen LogP contribution in [0.1, 0.15) is 40.0 Å². The molecule has 1 aromatic heterocycles. The number of hydrogen-bond donors (Lipinski definition) is 3. The number of benzene rings is 1. The molecule has 2 heterocycles. The van der Waals surface area contributed by atoms with Crippen LogP contribution in [0.3, 0.4) is 0 Å². The number of unbranched alkanes of at least 4 members (excludes halogenated alkanes) is 1. The van der Waals surface area contributed by atoms with E-state index in [0.717, 1.165) is 5.56 Å². The van der Waals surface area contributed by atoms with Gasteiger partial charge in [-0.25, -0.2) is 4.68 Å². The highest BCUT2D eigenvalue weighted by molar-refractivity contribution is 5.83. The molecule has 1 aliphatic rings. The van der Waals surface area contributed by atoms with Crippen LogP contribution in [0.25, 0.3) is 11.3 Å². The van der Waals surface area contributed by atoms with Crippen molar-refractivity contribution in [2.45, 2.75) is 77.3 Å². The van der Waals surface area contributed by atoms with E-state index in [1.807, 2.05) is 51.1 Å². The number of carbonyl (C=O) groups is 1. The third-order valence-corrected chi connectivity index (χ3v) is 5.56. The Morgan fingerprint density at radius 3 is 2.50 bits per heavy atom. The normalized spacial score (nSPS) is 26.2. The minimum atomic E-state index is -1.42. The number of carbonyl (C=O) groups excluding carboxylic acids is 1. The second-order valence-electron chi connectivity index (χ2n) is 9.21. The van der Waals surface area contributed by atoms with Crippen molar-refractivity contribution >= 4 is 5.78 Å². The molecule has 0 bridgehead atoms. The molecular weight excluding hydrogens is 414 g/mol. The number of ether oxygens (including phenoxy) is 2. The van der Waals surface area contributed by atoms with Crippen LogP contribution in [0, 0.1) is 5.41 Å². The summed E-state index contributed by atoms with van der Waals surface area (Å²) >= 11 is 0. The summed E-state index contributed by atoms with van der Waals surface area (Å²) in [6.45, 7) is 6.06. The largest absolute Gasteiger partial charge is 0.388 e. The van der Waals surface area contributed by atoms with Gasteiger partial charge in [0.1, 0.15) is 35.9 Å². The minimum Gasteiger partial charge on any atom is -0.388 e. The molecule has 176 valence electrons. The first-order chi connectivity index (χ1) is 15.2. The maximum atomic E-state index is 12.0. The van der Waals surface area contributed by atoms with Crippen LogP contribution in [-0.2, 0) is 20.8 Å². The lowest BCUT2D eigenvalue weighted by Crippen LogP contribution is -2.59. The maximum absolute atomic E-state index is 12.0. The topological polar surface area (TPSA) is 127 Å². The van der Waals surface area contributed by atoms with E-state index in [4.69, 9.17) is 9.47 Å². The summed E-state index contributed by atoms with van der Waals surface area (Å²) < 4.78 is 12.9. The van der Waals surface area contributed by atoms with Gasteiger partial charge in [-0.3, -0.25) is 4.79 Å². The van der Waals surface area contributed by atoms with Gasteiger partial charge in [0, 0.05) is 24.0 Å². The fourth-order valence-corrected chi connectivity index (χ4v) is 3.48. The Labute approximate surface area is 188 Å². The summed E-state index contributed by atoms with van der Waals surface area (Å²) in [5, 5.41) is 39.1. The molecule has 5 atom stereocenters. The summed E-state index contributed by atoms with van der Waals surface area (Å²) in [6, 6.07) is 9.55. The Hall–Kier alpha value is -2.17. The van der Waals surface area contributed by atoms with E-state index in [2.05, 4.69) is 10.3 Å². The van der Waals surface area contributed by atoms with Crippen molar-refractivity contribution < 1.29 is 29.6 Å². The van der Waals surface area contributed by atoms with Crippen LogP contribution in [0.15, 0.2) is 36.5 Å². The number of hydrogen-bond acceptors (Lipinski definition) is 8. The molecule has 1 saturated heterocycles. The first kappa shape index (κ1) is 24.5. The van der Waals surface area contributed by atoms with Crippen molar-refractivity contribution in [3.05, 3.63) is 36.5 Å². The van der Waals surface area contributed by atoms with E-state index in [0.29, 0.717) is 25.0 Å². The summed E-state index contributed by atoms with van der Waals surface area (Å²) in [4.78, 5) is 12.0. The lowest BCUT2D eigenvalue weighted by Gasteiger charge is -2.40. The Morgan fingerprint density at radius 1 is 1.09 bits per heavy atom. The highest BCUT2D eigenvalue weighted by atomic mass is 16.7. The van der Waals surface area contributed by atoms with Gasteiger partial charge in [-0.2, -0.15) is 0 Å². The van der Waals surface area contributed by atoms with Crippen LogP contribution in [0.2, 0.25) is 0 Å². The van der Waals surface area contributed by atoms with E-state index in [1.165, 1.54) is 4.68 Å². The molecule has 32 heavy (non-hydrogen) atoms. The molecule has 1 aromatic carbocycles. The molecule has 1 fully saturated rings. The molecule has 1 aliphatic heterocycles. The van der Waals surface area contributed by atoms with Crippen molar-refractivity contribution in [3.63, 3.8) is 0 Å². The van der Waals surface area contributed by atoms with Gasteiger partial charge in [0.25, 0.3) is 0 Å². The van der Waals surface area contributed by atoms with Crippen LogP contribution in [0.5, 0.6) is 0 Å². The van der Waals surface area contributed by atoms with Crippen molar-refractivity contribution in [3.8, 4) is 11.3 Å². The second-order valence-corrected chi connectivity index (χ2v) is 9.21. The number of Topliss-reactive ketones (excluding diaryl/α,β-unsaturated/α-hetero) is 1. The van der Waals surface area contributed by atoms with Crippen LogP contribution >= 0.6 is 0 Å². The van der Waals surface area contributed by atoms with Gasteiger partial charge in [0.15, 0.2) is 6.29 Å². The lowest BCUT2D eigenvalue weighted by molar-refractivity contribution is -0.299. The molecule has 0 radical (unpaired) electrons. The average molecular weight is 448 g/mol. The van der Waals surface area contributed by atoms with Crippen LogP contribution in [-0.4, -0.2) is 73.4 Å². The number of aliphatic hydroxyl groups excluding tert-OH is 3. The van der Waals surface area contributed by atoms with Gasteiger partial charge in [0.05, 0.1) is 12.7 Å².